The Morgan fingerprint density at radius 3 is 2.90 bits per heavy atom. The van der Waals surface area contributed by atoms with Gasteiger partial charge in [-0.25, -0.2) is 4.98 Å². The highest BCUT2D eigenvalue weighted by Gasteiger charge is 2.12. The average molecular weight is 337 g/mol. The van der Waals surface area contributed by atoms with Crippen LogP contribution in [0.5, 0.6) is 0 Å². The topological polar surface area (TPSA) is 34.4 Å². The minimum atomic E-state index is -0.183. The molecule has 0 spiro atoms. The van der Waals surface area contributed by atoms with E-state index in [1.165, 1.54) is 17.4 Å². The summed E-state index contributed by atoms with van der Waals surface area (Å²) in [5, 5.41) is 0. The first-order valence-corrected chi connectivity index (χ1v) is 7.74. The molecule has 3 aromatic rings. The van der Waals surface area contributed by atoms with Gasteiger partial charge in [0.15, 0.2) is 5.78 Å². The van der Waals surface area contributed by atoms with Crippen LogP contribution >= 0.6 is 34.5 Å². The van der Waals surface area contributed by atoms with Crippen LogP contribution in [0.15, 0.2) is 36.5 Å². The zero-order valence-electron chi connectivity index (χ0n) is 11.0. The molecule has 3 nitrogen and oxygen atoms in total. The summed E-state index contributed by atoms with van der Waals surface area (Å²) in [6.07, 6.45) is 5.11. The van der Waals surface area contributed by atoms with E-state index in [1.807, 2.05) is 35.7 Å². The number of pyridine rings is 1. The van der Waals surface area contributed by atoms with Gasteiger partial charge in [-0.2, -0.15) is 0 Å². The highest BCUT2D eigenvalue weighted by atomic mass is 35.5. The fraction of sp³-hybridized carbons (Fsp3) is 0.0667. The number of hydrogen-bond acceptors (Lipinski definition) is 3. The van der Waals surface area contributed by atoms with Gasteiger partial charge in [0.25, 0.3) is 0 Å². The van der Waals surface area contributed by atoms with Gasteiger partial charge < -0.3 is 4.40 Å². The lowest BCUT2D eigenvalue weighted by Gasteiger charge is -1.94. The lowest BCUT2D eigenvalue weighted by molar-refractivity contribution is 0.104. The Hall–Kier alpha value is -1.62. The fourth-order valence-corrected chi connectivity index (χ4v) is 3.57. The molecule has 0 atom stereocenters. The Balaban J connectivity index is 1.95. The molecule has 3 heterocycles. The van der Waals surface area contributed by atoms with Crippen LogP contribution in [0.2, 0.25) is 8.67 Å². The van der Waals surface area contributed by atoms with E-state index in [1.54, 1.807) is 12.1 Å². The Kier molecular flexibility index (Phi) is 3.85. The van der Waals surface area contributed by atoms with Crippen molar-refractivity contribution in [1.82, 2.24) is 9.38 Å². The number of imidazole rings is 1. The van der Waals surface area contributed by atoms with Crippen LogP contribution in [0.1, 0.15) is 21.9 Å². The van der Waals surface area contributed by atoms with Crippen molar-refractivity contribution in [3.8, 4) is 0 Å². The van der Waals surface area contributed by atoms with E-state index >= 15 is 0 Å². The molecule has 0 bridgehead atoms. The maximum Gasteiger partial charge on any atom is 0.188 e. The molecule has 6 heteroatoms. The number of carbonyl (C=O) groups excluding carboxylic acids is 1. The van der Waals surface area contributed by atoms with Crippen LogP contribution in [-0.4, -0.2) is 15.2 Å². The lowest BCUT2D eigenvalue weighted by Crippen LogP contribution is -1.91. The SMILES string of the molecule is Cc1nc(/C=C/C(=O)c2cc(Cl)sc2Cl)c2ccccn12. The number of allylic oxidation sites excluding steroid dienone is 1. The summed E-state index contributed by atoms with van der Waals surface area (Å²) < 4.78 is 2.87. The number of thiophene rings is 1. The van der Waals surface area contributed by atoms with Crippen LogP contribution in [0, 0.1) is 6.92 Å². The van der Waals surface area contributed by atoms with Crippen molar-refractivity contribution in [2.24, 2.45) is 0 Å². The van der Waals surface area contributed by atoms with E-state index in [0.29, 0.717) is 14.2 Å². The standard InChI is InChI=1S/C15H10Cl2N2OS/c1-9-18-11(12-4-2-3-7-19(9)12)5-6-13(20)10-8-14(16)21-15(10)17/h2-8H,1H3/b6-5+. The van der Waals surface area contributed by atoms with Crippen LogP contribution in [-0.2, 0) is 0 Å². The van der Waals surface area contributed by atoms with E-state index in [-0.39, 0.29) is 5.78 Å². The van der Waals surface area contributed by atoms with Crippen molar-refractivity contribution in [2.45, 2.75) is 6.92 Å². The third-order valence-corrected chi connectivity index (χ3v) is 4.56. The van der Waals surface area contributed by atoms with Crippen molar-refractivity contribution in [2.75, 3.05) is 0 Å². The number of aromatic nitrogens is 2. The Bertz CT molecular complexity index is 864. The summed E-state index contributed by atoms with van der Waals surface area (Å²) in [5.74, 6) is 0.687. The van der Waals surface area contributed by atoms with E-state index < -0.39 is 0 Å². The zero-order valence-corrected chi connectivity index (χ0v) is 13.3. The highest BCUT2D eigenvalue weighted by molar-refractivity contribution is 7.20. The Labute approximate surface area is 135 Å². The maximum atomic E-state index is 12.1. The minimum absolute atomic E-state index is 0.183. The van der Waals surface area contributed by atoms with Crippen molar-refractivity contribution < 1.29 is 4.79 Å². The van der Waals surface area contributed by atoms with Gasteiger partial charge in [-0.3, -0.25) is 4.79 Å². The second-order valence-electron chi connectivity index (χ2n) is 4.44. The van der Waals surface area contributed by atoms with E-state index in [4.69, 9.17) is 23.2 Å². The van der Waals surface area contributed by atoms with Crippen molar-refractivity contribution in [3.05, 3.63) is 62.3 Å². The van der Waals surface area contributed by atoms with Gasteiger partial charge in [0, 0.05) is 6.20 Å². The van der Waals surface area contributed by atoms with Gasteiger partial charge in [-0.15, -0.1) is 11.3 Å². The molecular weight excluding hydrogens is 327 g/mol. The monoisotopic (exact) mass is 336 g/mol. The molecule has 0 saturated carbocycles. The molecule has 0 aliphatic carbocycles. The Morgan fingerprint density at radius 1 is 1.38 bits per heavy atom. The fourth-order valence-electron chi connectivity index (χ4n) is 2.09. The van der Waals surface area contributed by atoms with Gasteiger partial charge in [-0.05, 0) is 37.3 Å². The number of halogens is 2. The molecule has 0 amide bonds. The van der Waals surface area contributed by atoms with Gasteiger partial charge in [0.2, 0.25) is 0 Å². The number of rotatable bonds is 3. The summed E-state index contributed by atoms with van der Waals surface area (Å²) in [6, 6.07) is 7.41. The van der Waals surface area contributed by atoms with Crippen LogP contribution < -0.4 is 0 Å². The molecule has 0 aromatic carbocycles. The quantitative estimate of drug-likeness (QED) is 0.503. The molecule has 0 fully saturated rings. The minimum Gasteiger partial charge on any atom is -0.303 e. The summed E-state index contributed by atoms with van der Waals surface area (Å²) >= 11 is 13.0. The molecule has 0 radical (unpaired) electrons. The number of hydrogen-bond donors (Lipinski definition) is 0. The molecule has 21 heavy (non-hydrogen) atoms. The number of ketones is 1. The normalized spacial score (nSPS) is 11.6. The van der Waals surface area contributed by atoms with Gasteiger partial charge in [0.1, 0.15) is 10.2 Å². The average Bonchev–Trinajstić information content (AvgIpc) is 2.97. The Morgan fingerprint density at radius 2 is 2.19 bits per heavy atom. The molecule has 3 aromatic heterocycles. The largest absolute Gasteiger partial charge is 0.303 e. The predicted octanol–water partition coefficient (Wildman–Crippen LogP) is 4.91. The number of carbonyl (C=O) groups is 1. The first-order valence-electron chi connectivity index (χ1n) is 6.17. The first-order chi connectivity index (χ1) is 10.1. The first kappa shape index (κ1) is 14.3. The molecule has 0 unspecified atom stereocenters. The number of nitrogens with zero attached hydrogens (tertiary/aromatic N) is 2. The van der Waals surface area contributed by atoms with Crippen molar-refractivity contribution in [1.29, 1.82) is 0 Å². The van der Waals surface area contributed by atoms with Crippen LogP contribution in [0.4, 0.5) is 0 Å². The lowest BCUT2D eigenvalue weighted by atomic mass is 10.2. The van der Waals surface area contributed by atoms with Crippen molar-refractivity contribution in [3.63, 3.8) is 0 Å². The molecule has 0 N–H and O–H groups in total. The van der Waals surface area contributed by atoms with E-state index in [0.717, 1.165) is 17.0 Å². The summed E-state index contributed by atoms with van der Waals surface area (Å²) in [5.41, 5.74) is 2.12. The predicted molar refractivity (Wildman–Crippen MR) is 87.6 cm³/mol. The molecule has 0 aliphatic heterocycles. The third-order valence-electron chi connectivity index (χ3n) is 3.07. The second-order valence-corrected chi connectivity index (χ2v) is 6.72. The highest BCUT2D eigenvalue weighted by Crippen LogP contribution is 2.31. The number of fused-ring (bicyclic) bond motifs is 1. The maximum absolute atomic E-state index is 12.1. The zero-order chi connectivity index (χ0) is 15.0. The van der Waals surface area contributed by atoms with Gasteiger partial charge >= 0.3 is 0 Å². The van der Waals surface area contributed by atoms with Gasteiger partial charge in [-0.1, -0.05) is 29.3 Å². The molecule has 0 aliphatic rings. The molecule has 0 saturated heterocycles. The van der Waals surface area contributed by atoms with Crippen LogP contribution in [0.3, 0.4) is 0 Å². The van der Waals surface area contributed by atoms with Gasteiger partial charge in [0.05, 0.1) is 21.1 Å². The van der Waals surface area contributed by atoms with E-state index in [2.05, 4.69) is 4.98 Å². The summed E-state index contributed by atoms with van der Waals surface area (Å²) in [7, 11) is 0. The second kappa shape index (κ2) is 5.64. The molecular formula is C15H10Cl2N2OS. The molecule has 3 rings (SSSR count). The van der Waals surface area contributed by atoms with E-state index in [9.17, 15) is 4.79 Å². The summed E-state index contributed by atoms with van der Waals surface area (Å²) in [6.45, 7) is 1.92. The van der Waals surface area contributed by atoms with Crippen molar-refractivity contribution >= 4 is 51.9 Å². The number of aryl methyl sites for hydroxylation is 1. The molecule has 106 valence electrons. The summed E-state index contributed by atoms with van der Waals surface area (Å²) in [4.78, 5) is 16.6. The third kappa shape index (κ3) is 2.75. The van der Waals surface area contributed by atoms with Crippen LogP contribution in [0.25, 0.3) is 11.6 Å². The smallest absolute Gasteiger partial charge is 0.188 e.